The van der Waals surface area contributed by atoms with Gasteiger partial charge in [-0.2, -0.15) is 10.2 Å². The summed E-state index contributed by atoms with van der Waals surface area (Å²) in [6.45, 7) is 7.49. The number of carbonyl (C=O) groups is 2. The standard InChI is InChI=1S/C17H19N3O3.C10H15NO.C7H7NO2/c1-2-20(11-12-21)16-9-7-15(8-10-16)19-18-14-5-3-13(4-6-14)17(22)23;1-2-11(8-9-12)10-6-4-3-5-7-10;8-6-3-1-5(2-4-6)7(9)10/h3-10,21H,2,11-12H2,1H3,(H,22,23);3-7,12H,2,8-9H2,1H3;1-4H,8H2,(H,9,10). The molecule has 0 atom stereocenters. The SMILES string of the molecule is CCN(CCO)c1ccc(N=Nc2ccc(C(=O)O)cc2)cc1.CCN(CCO)c1ccccc1.Nc1ccc(C(=O)O)cc1. The molecule has 0 bridgehead atoms. The van der Waals surface area contributed by atoms with Crippen molar-refractivity contribution in [3.05, 3.63) is 114 Å². The number of azo groups is 1. The third kappa shape index (κ3) is 12.9. The number of aliphatic hydroxyl groups is 2. The van der Waals surface area contributed by atoms with Crippen LogP contribution in [0.5, 0.6) is 0 Å². The molecule has 0 spiro atoms. The van der Waals surface area contributed by atoms with Crippen LogP contribution >= 0.6 is 0 Å². The summed E-state index contributed by atoms with van der Waals surface area (Å²) >= 11 is 0. The third-order valence-electron chi connectivity index (χ3n) is 6.39. The number of para-hydroxylation sites is 1. The van der Waals surface area contributed by atoms with Crippen molar-refractivity contribution in [2.45, 2.75) is 13.8 Å². The first kappa shape index (κ1) is 35.9. The zero-order chi connectivity index (χ0) is 33.0. The summed E-state index contributed by atoms with van der Waals surface area (Å²) in [7, 11) is 0. The van der Waals surface area contributed by atoms with Crippen molar-refractivity contribution < 1.29 is 30.0 Å². The van der Waals surface area contributed by atoms with Crippen molar-refractivity contribution in [1.29, 1.82) is 0 Å². The van der Waals surface area contributed by atoms with Crippen LogP contribution in [0.3, 0.4) is 0 Å². The number of benzene rings is 4. The summed E-state index contributed by atoms with van der Waals surface area (Å²) in [5.41, 5.74) is 9.88. The summed E-state index contributed by atoms with van der Waals surface area (Å²) < 4.78 is 0. The van der Waals surface area contributed by atoms with E-state index in [-0.39, 0.29) is 24.3 Å². The van der Waals surface area contributed by atoms with Gasteiger partial charge in [0, 0.05) is 43.2 Å². The van der Waals surface area contributed by atoms with Crippen LogP contribution in [0.1, 0.15) is 34.6 Å². The maximum Gasteiger partial charge on any atom is 0.335 e. The van der Waals surface area contributed by atoms with E-state index in [9.17, 15) is 9.59 Å². The van der Waals surface area contributed by atoms with Gasteiger partial charge in [0.25, 0.3) is 0 Å². The van der Waals surface area contributed by atoms with Gasteiger partial charge >= 0.3 is 11.9 Å². The smallest absolute Gasteiger partial charge is 0.335 e. The van der Waals surface area contributed by atoms with E-state index in [2.05, 4.69) is 39.1 Å². The van der Waals surface area contributed by atoms with E-state index < -0.39 is 11.9 Å². The number of hydrogen-bond donors (Lipinski definition) is 5. The fourth-order valence-electron chi connectivity index (χ4n) is 3.96. The second-order valence-electron chi connectivity index (χ2n) is 9.44. The first-order chi connectivity index (χ1) is 21.7. The lowest BCUT2D eigenvalue weighted by atomic mass is 10.2. The van der Waals surface area contributed by atoms with Gasteiger partial charge in [-0.15, -0.1) is 0 Å². The number of anilines is 3. The predicted molar refractivity (Wildman–Crippen MR) is 178 cm³/mol. The van der Waals surface area contributed by atoms with Crippen molar-refractivity contribution in [2.24, 2.45) is 10.2 Å². The van der Waals surface area contributed by atoms with Crippen molar-refractivity contribution in [2.75, 3.05) is 54.9 Å². The Labute approximate surface area is 263 Å². The van der Waals surface area contributed by atoms with Gasteiger partial charge < -0.3 is 36.0 Å². The molecule has 4 rings (SSSR count). The molecule has 0 amide bonds. The van der Waals surface area contributed by atoms with Gasteiger partial charge in [0.05, 0.1) is 35.7 Å². The highest BCUT2D eigenvalue weighted by Gasteiger charge is 2.04. The number of likely N-dealkylation sites (N-methyl/N-ethyl adjacent to an activating group) is 2. The number of aliphatic hydroxyl groups excluding tert-OH is 2. The normalized spacial score (nSPS) is 10.2. The molecule has 0 fully saturated rings. The molecule has 0 saturated heterocycles. The fraction of sp³-hybridized carbons (Fsp3) is 0.235. The molecule has 0 aromatic heterocycles. The highest BCUT2D eigenvalue weighted by atomic mass is 16.4. The Morgan fingerprint density at radius 2 is 0.978 bits per heavy atom. The summed E-state index contributed by atoms with van der Waals surface area (Å²) in [5, 5.41) is 43.3. The van der Waals surface area contributed by atoms with E-state index in [1.165, 1.54) is 30.0 Å². The highest BCUT2D eigenvalue weighted by Crippen LogP contribution is 2.22. The number of nitrogens with two attached hydrogens (primary N) is 1. The van der Waals surface area contributed by atoms with E-state index in [1.54, 1.807) is 24.3 Å². The van der Waals surface area contributed by atoms with Crippen LogP contribution in [-0.2, 0) is 0 Å². The van der Waals surface area contributed by atoms with E-state index >= 15 is 0 Å². The van der Waals surface area contributed by atoms with Crippen LogP contribution in [0.15, 0.2) is 113 Å². The minimum Gasteiger partial charge on any atom is -0.478 e. The maximum absolute atomic E-state index is 10.8. The minimum absolute atomic E-state index is 0.113. The van der Waals surface area contributed by atoms with Crippen molar-refractivity contribution in [3.8, 4) is 0 Å². The molecule has 0 saturated carbocycles. The lowest BCUT2D eigenvalue weighted by Crippen LogP contribution is -2.25. The van der Waals surface area contributed by atoms with Gasteiger partial charge in [-0.05, 0) is 98.8 Å². The van der Waals surface area contributed by atoms with E-state index in [4.69, 9.17) is 26.2 Å². The average molecular weight is 616 g/mol. The van der Waals surface area contributed by atoms with Crippen LogP contribution in [0.2, 0.25) is 0 Å². The summed E-state index contributed by atoms with van der Waals surface area (Å²) in [6.07, 6.45) is 0. The molecule has 6 N–H and O–H groups in total. The number of rotatable bonds is 12. The summed E-state index contributed by atoms with van der Waals surface area (Å²) in [4.78, 5) is 25.2. The zero-order valence-electron chi connectivity index (χ0n) is 25.5. The molecule has 45 heavy (non-hydrogen) atoms. The lowest BCUT2D eigenvalue weighted by molar-refractivity contribution is 0.0686. The van der Waals surface area contributed by atoms with Crippen molar-refractivity contribution in [3.63, 3.8) is 0 Å². The van der Waals surface area contributed by atoms with Gasteiger partial charge in [-0.1, -0.05) is 18.2 Å². The van der Waals surface area contributed by atoms with E-state index in [1.807, 2.05) is 49.4 Å². The molecule has 0 unspecified atom stereocenters. The molecule has 11 heteroatoms. The monoisotopic (exact) mass is 615 g/mol. The van der Waals surface area contributed by atoms with E-state index in [0.717, 1.165) is 18.8 Å². The molecule has 4 aromatic rings. The van der Waals surface area contributed by atoms with Crippen LogP contribution in [0, 0.1) is 0 Å². The third-order valence-corrected chi connectivity index (χ3v) is 6.39. The molecule has 0 radical (unpaired) electrons. The molecular weight excluding hydrogens is 574 g/mol. The van der Waals surface area contributed by atoms with Crippen LogP contribution < -0.4 is 15.5 Å². The number of aromatic carboxylic acids is 2. The number of hydrogen-bond acceptors (Lipinski definition) is 9. The second-order valence-corrected chi connectivity index (χ2v) is 9.44. The first-order valence-electron chi connectivity index (χ1n) is 14.4. The molecular formula is C34H41N5O6. The summed E-state index contributed by atoms with van der Waals surface area (Å²) in [6, 6.07) is 30.0. The highest BCUT2D eigenvalue weighted by molar-refractivity contribution is 5.88. The van der Waals surface area contributed by atoms with Gasteiger partial charge in [-0.3, -0.25) is 0 Å². The number of carboxylic acid groups (broad SMARTS) is 2. The fourth-order valence-corrected chi connectivity index (χ4v) is 3.96. The Morgan fingerprint density at radius 3 is 1.36 bits per heavy atom. The molecule has 4 aromatic carbocycles. The molecule has 0 aliphatic rings. The lowest BCUT2D eigenvalue weighted by Gasteiger charge is -2.21. The summed E-state index contributed by atoms with van der Waals surface area (Å²) in [5.74, 6) is -1.90. The van der Waals surface area contributed by atoms with Crippen LogP contribution in [0.25, 0.3) is 0 Å². The van der Waals surface area contributed by atoms with Crippen LogP contribution in [-0.4, -0.2) is 71.8 Å². The quantitative estimate of drug-likeness (QED) is 0.0933. The number of nitrogens with zero attached hydrogens (tertiary/aromatic N) is 4. The topological polar surface area (TPSA) is 172 Å². The Morgan fingerprint density at radius 1 is 0.600 bits per heavy atom. The minimum atomic E-state index is -0.965. The molecule has 0 heterocycles. The largest absolute Gasteiger partial charge is 0.478 e. The van der Waals surface area contributed by atoms with E-state index in [0.29, 0.717) is 30.2 Å². The first-order valence-corrected chi connectivity index (χ1v) is 14.4. The predicted octanol–water partition coefficient (Wildman–Crippen LogP) is 6.09. The molecule has 0 aliphatic heterocycles. The molecule has 11 nitrogen and oxygen atoms in total. The maximum atomic E-state index is 10.8. The second kappa shape index (κ2) is 19.8. The number of nitrogen functional groups attached to an aromatic ring is 1. The van der Waals surface area contributed by atoms with Crippen molar-refractivity contribution >= 4 is 40.4 Å². The molecule has 0 aliphatic carbocycles. The Bertz CT molecular complexity index is 1450. The van der Waals surface area contributed by atoms with Gasteiger partial charge in [-0.25, -0.2) is 9.59 Å². The molecule has 238 valence electrons. The average Bonchev–Trinajstić information content (AvgIpc) is 3.07. The van der Waals surface area contributed by atoms with Gasteiger partial charge in [0.15, 0.2) is 0 Å². The van der Waals surface area contributed by atoms with Gasteiger partial charge in [0.1, 0.15) is 0 Å². The van der Waals surface area contributed by atoms with Gasteiger partial charge in [0.2, 0.25) is 0 Å². The Balaban J connectivity index is 0.000000267. The number of carboxylic acids is 2. The van der Waals surface area contributed by atoms with Crippen LogP contribution in [0.4, 0.5) is 28.4 Å². The Kier molecular flexibility index (Phi) is 15.8. The Hall–Kier alpha value is -5.26. The zero-order valence-corrected chi connectivity index (χ0v) is 25.5. The van der Waals surface area contributed by atoms with Crippen molar-refractivity contribution in [1.82, 2.24) is 0 Å².